The van der Waals surface area contributed by atoms with Crippen molar-refractivity contribution in [3.05, 3.63) is 0 Å². The van der Waals surface area contributed by atoms with E-state index in [1.165, 1.54) is 89.9 Å². The molecule has 0 saturated heterocycles. The van der Waals surface area contributed by atoms with E-state index >= 15 is 0 Å². The van der Waals surface area contributed by atoms with Crippen LogP contribution in [0, 0.1) is 11.8 Å². The van der Waals surface area contributed by atoms with Crippen molar-refractivity contribution in [1.82, 2.24) is 0 Å². The van der Waals surface area contributed by atoms with Crippen LogP contribution in [0.15, 0.2) is 0 Å². The van der Waals surface area contributed by atoms with Crippen LogP contribution in [0.25, 0.3) is 0 Å². The van der Waals surface area contributed by atoms with Crippen molar-refractivity contribution in [1.29, 1.82) is 0 Å². The lowest BCUT2D eigenvalue weighted by molar-refractivity contribution is -0.144. The van der Waals surface area contributed by atoms with E-state index in [0.29, 0.717) is 26.1 Å². The van der Waals surface area contributed by atoms with Crippen LogP contribution in [-0.4, -0.2) is 25.2 Å². The van der Waals surface area contributed by atoms with Gasteiger partial charge in [0.2, 0.25) is 0 Å². The summed E-state index contributed by atoms with van der Waals surface area (Å²) in [7, 11) is 0. The largest absolute Gasteiger partial charge is 0.466 e. The summed E-state index contributed by atoms with van der Waals surface area (Å²) in [6.45, 7) is 14.6. The minimum Gasteiger partial charge on any atom is -0.466 e. The quantitative estimate of drug-likeness (QED) is 0.0808. The molecule has 38 heavy (non-hydrogen) atoms. The first-order valence-electron chi connectivity index (χ1n) is 16.6. The lowest BCUT2D eigenvalue weighted by atomic mass is 10.0. The average Bonchev–Trinajstić information content (AvgIpc) is 2.88. The molecule has 0 rings (SSSR count). The summed E-state index contributed by atoms with van der Waals surface area (Å²) >= 11 is 0. The minimum absolute atomic E-state index is 0.0280. The van der Waals surface area contributed by atoms with Gasteiger partial charge in [-0.1, -0.05) is 144 Å². The number of unbranched alkanes of at least 4 members (excludes halogenated alkanes) is 14. The monoisotopic (exact) mass is 541 g/mol. The van der Waals surface area contributed by atoms with E-state index in [2.05, 4.69) is 34.6 Å². The summed E-state index contributed by atoms with van der Waals surface area (Å²) in [5.74, 6) is 1.63. The highest BCUT2D eigenvalue weighted by atomic mass is 16.5. The Kier molecular flexibility index (Phi) is 33.1. The van der Waals surface area contributed by atoms with E-state index in [1.807, 2.05) is 6.92 Å². The van der Waals surface area contributed by atoms with Crippen LogP contribution >= 0.6 is 0 Å². The predicted molar refractivity (Wildman–Crippen MR) is 165 cm³/mol. The van der Waals surface area contributed by atoms with Crippen molar-refractivity contribution in [3.63, 3.8) is 0 Å². The Bertz CT molecular complexity index is 487. The Morgan fingerprint density at radius 1 is 0.447 bits per heavy atom. The van der Waals surface area contributed by atoms with E-state index < -0.39 is 0 Å². The third-order valence-corrected chi connectivity index (χ3v) is 6.80. The first-order chi connectivity index (χ1) is 18.3. The third-order valence-electron chi connectivity index (χ3n) is 6.80. The van der Waals surface area contributed by atoms with Gasteiger partial charge in [0.05, 0.1) is 13.2 Å². The van der Waals surface area contributed by atoms with Gasteiger partial charge >= 0.3 is 11.9 Å². The third kappa shape index (κ3) is 37.1. The van der Waals surface area contributed by atoms with E-state index in [-0.39, 0.29) is 11.9 Å². The van der Waals surface area contributed by atoms with E-state index in [9.17, 15) is 9.59 Å². The average molecular weight is 541 g/mol. The maximum atomic E-state index is 11.7. The maximum absolute atomic E-state index is 11.7. The zero-order valence-corrected chi connectivity index (χ0v) is 26.8. The van der Waals surface area contributed by atoms with Crippen LogP contribution in [0.1, 0.15) is 183 Å². The Balaban J connectivity index is 0. The van der Waals surface area contributed by atoms with Crippen molar-refractivity contribution in [2.75, 3.05) is 13.2 Å². The van der Waals surface area contributed by atoms with Gasteiger partial charge in [-0.2, -0.15) is 0 Å². The lowest BCUT2D eigenvalue weighted by Crippen LogP contribution is -2.05. The van der Waals surface area contributed by atoms with Gasteiger partial charge in [-0.25, -0.2) is 0 Å². The van der Waals surface area contributed by atoms with Crippen LogP contribution in [-0.2, 0) is 19.1 Å². The molecule has 0 unspecified atom stereocenters. The topological polar surface area (TPSA) is 52.6 Å². The number of carbonyl (C=O) groups is 2. The minimum atomic E-state index is -0.0552. The molecule has 0 aliphatic heterocycles. The Labute approximate surface area is 238 Å². The van der Waals surface area contributed by atoms with Crippen molar-refractivity contribution in [2.24, 2.45) is 11.8 Å². The standard InChI is InChI=1S/C25H48O4.C9H20/c1-4-21-28-24(26)19-15-11-7-5-6-8-12-16-20-25(27)29-22-17-13-9-10-14-18-23(2)3;1-4-5-6-7-8-9(2)3/h23H,4-22H2,1-3H3;9H,4-8H2,1-3H3. The summed E-state index contributed by atoms with van der Waals surface area (Å²) in [5, 5.41) is 0. The van der Waals surface area contributed by atoms with Gasteiger partial charge in [0, 0.05) is 12.8 Å². The van der Waals surface area contributed by atoms with Crippen LogP contribution < -0.4 is 0 Å². The molecular weight excluding hydrogens is 472 g/mol. The van der Waals surface area contributed by atoms with Gasteiger partial charge < -0.3 is 9.47 Å². The molecule has 0 N–H and O–H groups in total. The fourth-order valence-electron chi connectivity index (χ4n) is 4.31. The van der Waals surface area contributed by atoms with E-state index in [0.717, 1.165) is 50.4 Å². The van der Waals surface area contributed by atoms with Crippen LogP contribution in [0.4, 0.5) is 0 Å². The fourth-order valence-corrected chi connectivity index (χ4v) is 4.31. The zero-order chi connectivity index (χ0) is 28.7. The van der Waals surface area contributed by atoms with Gasteiger partial charge in [-0.05, 0) is 37.5 Å². The smallest absolute Gasteiger partial charge is 0.305 e. The van der Waals surface area contributed by atoms with Gasteiger partial charge in [-0.15, -0.1) is 0 Å². The van der Waals surface area contributed by atoms with Gasteiger partial charge in [0.15, 0.2) is 0 Å². The molecule has 0 aromatic heterocycles. The maximum Gasteiger partial charge on any atom is 0.305 e. The molecule has 0 amide bonds. The highest BCUT2D eigenvalue weighted by molar-refractivity contribution is 5.69. The Morgan fingerprint density at radius 2 is 0.816 bits per heavy atom. The van der Waals surface area contributed by atoms with Crippen molar-refractivity contribution in [3.8, 4) is 0 Å². The molecular formula is C34H68O4. The van der Waals surface area contributed by atoms with Crippen molar-refractivity contribution >= 4 is 11.9 Å². The number of rotatable bonds is 26. The molecule has 0 aliphatic rings. The SMILES string of the molecule is CCCCCCC(C)C.CCCOC(=O)CCCCCCCCCCC(=O)OCCCCCCCC(C)C. The molecule has 4 nitrogen and oxygen atoms in total. The number of hydrogen-bond acceptors (Lipinski definition) is 4. The van der Waals surface area contributed by atoms with Crippen LogP contribution in [0.3, 0.4) is 0 Å². The molecule has 0 radical (unpaired) electrons. The molecule has 0 aromatic rings. The second-order valence-electron chi connectivity index (χ2n) is 12.0. The molecule has 0 aliphatic carbocycles. The molecule has 0 spiro atoms. The summed E-state index contributed by atoms with van der Waals surface area (Å²) in [6, 6.07) is 0. The highest BCUT2D eigenvalue weighted by Crippen LogP contribution is 2.13. The Hall–Kier alpha value is -1.06. The predicted octanol–water partition coefficient (Wildman–Crippen LogP) is 11.0. The molecule has 0 aromatic carbocycles. The molecule has 4 heteroatoms. The van der Waals surface area contributed by atoms with Crippen molar-refractivity contribution < 1.29 is 19.1 Å². The molecule has 0 heterocycles. The number of carbonyl (C=O) groups excluding carboxylic acids is 2. The van der Waals surface area contributed by atoms with Crippen LogP contribution in [0.5, 0.6) is 0 Å². The number of ether oxygens (including phenoxy) is 2. The number of hydrogen-bond donors (Lipinski definition) is 0. The normalized spacial score (nSPS) is 10.9. The van der Waals surface area contributed by atoms with Crippen molar-refractivity contribution in [2.45, 2.75) is 183 Å². The summed E-state index contributed by atoms with van der Waals surface area (Å²) < 4.78 is 10.4. The molecule has 0 saturated carbocycles. The number of esters is 2. The lowest BCUT2D eigenvalue weighted by Gasteiger charge is -2.06. The van der Waals surface area contributed by atoms with Gasteiger partial charge in [0.25, 0.3) is 0 Å². The first-order valence-corrected chi connectivity index (χ1v) is 16.6. The molecule has 0 bridgehead atoms. The summed E-state index contributed by atoms with van der Waals surface area (Å²) in [5.41, 5.74) is 0. The zero-order valence-electron chi connectivity index (χ0n) is 26.8. The highest BCUT2D eigenvalue weighted by Gasteiger charge is 2.04. The Morgan fingerprint density at radius 3 is 1.24 bits per heavy atom. The first kappa shape index (κ1) is 39.1. The second-order valence-corrected chi connectivity index (χ2v) is 12.0. The van der Waals surface area contributed by atoms with Crippen LogP contribution in [0.2, 0.25) is 0 Å². The molecule has 0 atom stereocenters. The van der Waals surface area contributed by atoms with E-state index in [1.54, 1.807) is 0 Å². The fraction of sp³-hybridized carbons (Fsp3) is 0.941. The second kappa shape index (κ2) is 32.2. The van der Waals surface area contributed by atoms with E-state index in [4.69, 9.17) is 9.47 Å². The molecule has 228 valence electrons. The van der Waals surface area contributed by atoms with Gasteiger partial charge in [0.1, 0.15) is 0 Å². The molecule has 0 fully saturated rings. The summed E-state index contributed by atoms with van der Waals surface area (Å²) in [6.07, 6.45) is 25.3. The summed E-state index contributed by atoms with van der Waals surface area (Å²) in [4.78, 5) is 23.1. The van der Waals surface area contributed by atoms with Gasteiger partial charge in [-0.3, -0.25) is 9.59 Å².